The second kappa shape index (κ2) is 6.83. The molecule has 0 aliphatic heterocycles. The molecule has 0 unspecified atom stereocenters. The van der Waals surface area contributed by atoms with E-state index in [-0.39, 0.29) is 11.4 Å². The van der Waals surface area contributed by atoms with E-state index in [0.717, 1.165) is 25.8 Å². The number of amides is 1. The second-order valence-electron chi connectivity index (χ2n) is 4.98. The van der Waals surface area contributed by atoms with Crippen molar-refractivity contribution in [3.8, 4) is 0 Å². The van der Waals surface area contributed by atoms with Crippen LogP contribution in [0.4, 0.5) is 0 Å². The van der Waals surface area contributed by atoms with Gasteiger partial charge in [0.1, 0.15) is 0 Å². The molecule has 0 saturated carbocycles. The number of nitrogens with two attached hydrogens (primary N) is 1. The molecule has 3 nitrogen and oxygen atoms in total. The Morgan fingerprint density at radius 1 is 1.33 bits per heavy atom. The van der Waals surface area contributed by atoms with E-state index in [1.807, 2.05) is 13.8 Å². The number of hydrogen-bond acceptors (Lipinski definition) is 2. The molecule has 15 heavy (non-hydrogen) atoms. The maximum atomic E-state index is 11.5. The third-order valence-corrected chi connectivity index (χ3v) is 2.74. The van der Waals surface area contributed by atoms with E-state index in [1.54, 1.807) is 0 Å². The summed E-state index contributed by atoms with van der Waals surface area (Å²) in [5.41, 5.74) is 5.57. The molecule has 0 atom stereocenters. The Hall–Kier alpha value is -0.570. The topological polar surface area (TPSA) is 55.1 Å². The largest absolute Gasteiger partial charge is 0.356 e. The monoisotopic (exact) mass is 214 g/mol. The summed E-state index contributed by atoms with van der Waals surface area (Å²) in [7, 11) is 0. The molecule has 3 heteroatoms. The van der Waals surface area contributed by atoms with Gasteiger partial charge in [-0.1, -0.05) is 26.7 Å². The molecule has 3 N–H and O–H groups in total. The Bertz CT molecular complexity index is 181. The first-order valence-corrected chi connectivity index (χ1v) is 5.94. The molecule has 0 fully saturated rings. The van der Waals surface area contributed by atoms with Crippen molar-refractivity contribution in [3.63, 3.8) is 0 Å². The van der Waals surface area contributed by atoms with Crippen molar-refractivity contribution in [2.24, 2.45) is 11.7 Å². The Morgan fingerprint density at radius 3 is 2.27 bits per heavy atom. The average molecular weight is 214 g/mol. The van der Waals surface area contributed by atoms with Crippen LogP contribution in [0.3, 0.4) is 0 Å². The highest BCUT2D eigenvalue weighted by molar-refractivity contribution is 5.75. The Morgan fingerprint density at radius 2 is 1.87 bits per heavy atom. The summed E-state index contributed by atoms with van der Waals surface area (Å²) in [4.78, 5) is 11.5. The van der Waals surface area contributed by atoms with Gasteiger partial charge in [-0.05, 0) is 26.2 Å². The zero-order chi connectivity index (χ0) is 11.9. The molecule has 1 amide bonds. The third kappa shape index (κ3) is 8.43. The summed E-state index contributed by atoms with van der Waals surface area (Å²) in [6, 6.07) is 0. The SMILES string of the molecule is CCC(CC)CNC(=O)CCC(C)(C)N. The van der Waals surface area contributed by atoms with Crippen LogP contribution >= 0.6 is 0 Å². The van der Waals surface area contributed by atoms with Crippen LogP contribution < -0.4 is 11.1 Å². The van der Waals surface area contributed by atoms with Crippen LogP contribution in [-0.4, -0.2) is 18.0 Å². The quantitative estimate of drug-likeness (QED) is 0.681. The second-order valence-corrected chi connectivity index (χ2v) is 4.98. The fourth-order valence-corrected chi connectivity index (χ4v) is 1.36. The minimum Gasteiger partial charge on any atom is -0.356 e. The molecule has 0 heterocycles. The average Bonchev–Trinajstić information content (AvgIpc) is 2.15. The van der Waals surface area contributed by atoms with Crippen LogP contribution in [0.1, 0.15) is 53.4 Å². The molecule has 0 radical (unpaired) electrons. The molecular weight excluding hydrogens is 188 g/mol. The van der Waals surface area contributed by atoms with Crippen molar-refractivity contribution < 1.29 is 4.79 Å². The number of nitrogens with one attached hydrogen (secondary N) is 1. The zero-order valence-corrected chi connectivity index (χ0v) is 10.6. The summed E-state index contributed by atoms with van der Waals surface area (Å²) >= 11 is 0. The maximum Gasteiger partial charge on any atom is 0.220 e. The van der Waals surface area contributed by atoms with E-state index in [4.69, 9.17) is 5.73 Å². The van der Waals surface area contributed by atoms with Gasteiger partial charge >= 0.3 is 0 Å². The van der Waals surface area contributed by atoms with E-state index in [9.17, 15) is 4.79 Å². The lowest BCUT2D eigenvalue weighted by Gasteiger charge is -2.18. The van der Waals surface area contributed by atoms with E-state index in [0.29, 0.717) is 12.3 Å². The van der Waals surface area contributed by atoms with Crippen molar-refractivity contribution in [2.45, 2.75) is 58.9 Å². The molecule has 0 spiro atoms. The van der Waals surface area contributed by atoms with Gasteiger partial charge in [0.05, 0.1) is 0 Å². The predicted octanol–water partition coefficient (Wildman–Crippen LogP) is 2.06. The lowest BCUT2D eigenvalue weighted by molar-refractivity contribution is -0.121. The summed E-state index contributed by atoms with van der Waals surface area (Å²) in [6.45, 7) is 9.01. The number of carbonyl (C=O) groups is 1. The first-order chi connectivity index (χ1) is 6.89. The van der Waals surface area contributed by atoms with Gasteiger partial charge in [0.2, 0.25) is 5.91 Å². The molecular formula is C12H26N2O. The highest BCUT2D eigenvalue weighted by Gasteiger charge is 2.13. The smallest absolute Gasteiger partial charge is 0.220 e. The molecule has 0 aromatic carbocycles. The first-order valence-electron chi connectivity index (χ1n) is 5.94. The Kier molecular flexibility index (Phi) is 6.57. The van der Waals surface area contributed by atoms with Crippen LogP contribution in [-0.2, 0) is 4.79 Å². The van der Waals surface area contributed by atoms with Crippen LogP contribution in [0, 0.1) is 5.92 Å². The number of hydrogen-bond donors (Lipinski definition) is 2. The normalized spacial score (nSPS) is 11.9. The van der Waals surface area contributed by atoms with Gasteiger partial charge in [-0.2, -0.15) is 0 Å². The molecule has 0 saturated heterocycles. The first kappa shape index (κ1) is 14.4. The van der Waals surface area contributed by atoms with Crippen LogP contribution in [0.5, 0.6) is 0 Å². The third-order valence-electron chi connectivity index (χ3n) is 2.74. The summed E-state index contributed by atoms with van der Waals surface area (Å²) in [6.07, 6.45) is 3.52. The molecule has 90 valence electrons. The molecule has 0 aliphatic rings. The van der Waals surface area contributed by atoms with E-state index in [1.165, 1.54) is 0 Å². The molecule has 0 aromatic heterocycles. The summed E-state index contributed by atoms with van der Waals surface area (Å²) in [5.74, 6) is 0.736. The van der Waals surface area contributed by atoms with Crippen molar-refractivity contribution in [2.75, 3.05) is 6.54 Å². The standard InChI is InChI=1S/C12H26N2O/c1-5-10(6-2)9-14-11(15)7-8-12(3,4)13/h10H,5-9,13H2,1-4H3,(H,14,15). The summed E-state index contributed by atoms with van der Waals surface area (Å²) < 4.78 is 0. The number of carbonyl (C=O) groups excluding carboxylic acids is 1. The highest BCUT2D eigenvalue weighted by Crippen LogP contribution is 2.08. The lowest BCUT2D eigenvalue weighted by atomic mass is 9.99. The minimum atomic E-state index is -0.244. The van der Waals surface area contributed by atoms with Crippen LogP contribution in [0.15, 0.2) is 0 Å². The zero-order valence-electron chi connectivity index (χ0n) is 10.6. The van der Waals surface area contributed by atoms with Crippen LogP contribution in [0.25, 0.3) is 0 Å². The van der Waals surface area contributed by atoms with Crippen molar-refractivity contribution >= 4 is 5.91 Å². The van der Waals surface area contributed by atoms with Crippen molar-refractivity contribution in [1.82, 2.24) is 5.32 Å². The van der Waals surface area contributed by atoms with Crippen molar-refractivity contribution in [3.05, 3.63) is 0 Å². The molecule has 0 rings (SSSR count). The van der Waals surface area contributed by atoms with Gasteiger partial charge in [0.25, 0.3) is 0 Å². The van der Waals surface area contributed by atoms with E-state index >= 15 is 0 Å². The lowest BCUT2D eigenvalue weighted by Crippen LogP contribution is -2.35. The predicted molar refractivity (Wildman–Crippen MR) is 64.6 cm³/mol. The van der Waals surface area contributed by atoms with Gasteiger partial charge in [-0.3, -0.25) is 4.79 Å². The van der Waals surface area contributed by atoms with Gasteiger partial charge < -0.3 is 11.1 Å². The minimum absolute atomic E-state index is 0.125. The maximum absolute atomic E-state index is 11.5. The van der Waals surface area contributed by atoms with Gasteiger partial charge in [0.15, 0.2) is 0 Å². The fraction of sp³-hybridized carbons (Fsp3) is 0.917. The molecule has 0 aliphatic carbocycles. The Balaban J connectivity index is 3.66. The van der Waals surface area contributed by atoms with Gasteiger partial charge in [-0.25, -0.2) is 0 Å². The van der Waals surface area contributed by atoms with Gasteiger partial charge in [0, 0.05) is 18.5 Å². The van der Waals surface area contributed by atoms with Crippen LogP contribution in [0.2, 0.25) is 0 Å². The Labute approximate surface area is 93.8 Å². The van der Waals surface area contributed by atoms with E-state index < -0.39 is 0 Å². The molecule has 0 bridgehead atoms. The summed E-state index contributed by atoms with van der Waals surface area (Å²) in [5, 5.41) is 2.96. The number of rotatable bonds is 7. The fourth-order valence-electron chi connectivity index (χ4n) is 1.36. The molecule has 0 aromatic rings. The highest BCUT2D eigenvalue weighted by atomic mass is 16.1. The van der Waals surface area contributed by atoms with Gasteiger partial charge in [-0.15, -0.1) is 0 Å². The van der Waals surface area contributed by atoms with Crippen molar-refractivity contribution in [1.29, 1.82) is 0 Å². The van der Waals surface area contributed by atoms with E-state index in [2.05, 4.69) is 19.2 Å².